The highest BCUT2D eigenvalue weighted by Gasteiger charge is 2.08. The molecule has 0 aliphatic carbocycles. The highest BCUT2D eigenvalue weighted by molar-refractivity contribution is 7.09. The summed E-state index contributed by atoms with van der Waals surface area (Å²) in [6.45, 7) is 2.47. The maximum absolute atomic E-state index is 11.8. The van der Waals surface area contributed by atoms with E-state index in [9.17, 15) is 4.79 Å². The van der Waals surface area contributed by atoms with Gasteiger partial charge in [0, 0.05) is 30.2 Å². The number of rotatable bonds is 4. The van der Waals surface area contributed by atoms with Gasteiger partial charge in [-0.15, -0.1) is 11.3 Å². The van der Waals surface area contributed by atoms with Crippen LogP contribution in [0.4, 0.5) is 5.82 Å². The molecule has 0 aliphatic heterocycles. The number of carbonyl (C=O) groups excluding carboxylic acids is 1. The van der Waals surface area contributed by atoms with Crippen LogP contribution in [0, 0.1) is 6.92 Å². The van der Waals surface area contributed by atoms with Gasteiger partial charge in [-0.2, -0.15) is 0 Å². The number of thiazole rings is 1. The molecule has 0 atom stereocenters. The lowest BCUT2D eigenvalue weighted by molar-refractivity contribution is 0.0954. The lowest BCUT2D eigenvalue weighted by Gasteiger charge is -2.05. The van der Waals surface area contributed by atoms with Crippen LogP contribution < -0.4 is 11.1 Å². The maximum Gasteiger partial charge on any atom is 0.252 e. The van der Waals surface area contributed by atoms with Crippen molar-refractivity contribution in [2.45, 2.75) is 13.3 Å². The molecule has 2 heterocycles. The molecule has 2 aromatic rings. The van der Waals surface area contributed by atoms with Gasteiger partial charge in [0.25, 0.3) is 5.91 Å². The van der Waals surface area contributed by atoms with Crippen molar-refractivity contribution in [1.29, 1.82) is 0 Å². The van der Waals surface area contributed by atoms with Crippen molar-refractivity contribution in [3.63, 3.8) is 0 Å². The first-order valence-electron chi connectivity index (χ1n) is 5.66. The molecule has 1 amide bonds. The molecule has 0 spiro atoms. The van der Waals surface area contributed by atoms with E-state index in [4.69, 9.17) is 17.3 Å². The highest BCUT2D eigenvalue weighted by Crippen LogP contribution is 2.16. The second kappa shape index (κ2) is 5.99. The summed E-state index contributed by atoms with van der Waals surface area (Å²) in [4.78, 5) is 20.0. The topological polar surface area (TPSA) is 80.9 Å². The number of anilines is 1. The number of nitrogens with zero attached hydrogens (tertiary/aromatic N) is 2. The van der Waals surface area contributed by atoms with E-state index in [1.54, 1.807) is 11.3 Å². The van der Waals surface area contributed by atoms with Crippen LogP contribution in [-0.4, -0.2) is 22.4 Å². The molecule has 0 saturated carbocycles. The van der Waals surface area contributed by atoms with Gasteiger partial charge in [0.1, 0.15) is 5.82 Å². The molecule has 5 nitrogen and oxygen atoms in total. The Balaban J connectivity index is 1.89. The molecule has 0 bridgehead atoms. The van der Waals surface area contributed by atoms with Crippen molar-refractivity contribution in [3.05, 3.63) is 38.9 Å². The van der Waals surface area contributed by atoms with E-state index in [0.29, 0.717) is 18.5 Å². The third-order valence-corrected chi connectivity index (χ3v) is 3.75. The average molecular weight is 297 g/mol. The van der Waals surface area contributed by atoms with E-state index in [1.807, 2.05) is 12.3 Å². The zero-order chi connectivity index (χ0) is 13.8. The molecule has 0 aromatic carbocycles. The summed E-state index contributed by atoms with van der Waals surface area (Å²) >= 11 is 7.40. The molecule has 100 valence electrons. The number of amides is 1. The summed E-state index contributed by atoms with van der Waals surface area (Å²) < 4.78 is 0. The lowest BCUT2D eigenvalue weighted by Crippen LogP contribution is -2.25. The SMILES string of the molecule is Cc1csc(CCNC(=O)c2cnc(N)c(Cl)c2)n1. The standard InChI is InChI=1S/C12H13ClN4OS/c1-7-6-19-10(17-7)2-3-15-12(18)8-4-9(13)11(14)16-5-8/h4-6H,2-3H2,1H3,(H2,14,16)(H,15,18). The molecule has 0 fully saturated rings. The largest absolute Gasteiger partial charge is 0.382 e. The quantitative estimate of drug-likeness (QED) is 0.905. The number of nitrogen functional groups attached to an aromatic ring is 1. The second-order valence-corrected chi connectivity index (χ2v) is 5.33. The smallest absolute Gasteiger partial charge is 0.252 e. The first-order chi connectivity index (χ1) is 9.06. The number of pyridine rings is 1. The summed E-state index contributed by atoms with van der Waals surface area (Å²) in [7, 11) is 0. The Morgan fingerprint density at radius 3 is 3.00 bits per heavy atom. The Morgan fingerprint density at radius 1 is 1.58 bits per heavy atom. The molecule has 2 aromatic heterocycles. The van der Waals surface area contributed by atoms with Gasteiger partial charge in [0.15, 0.2) is 0 Å². The first-order valence-corrected chi connectivity index (χ1v) is 6.92. The molecule has 2 rings (SSSR count). The minimum Gasteiger partial charge on any atom is -0.382 e. The van der Waals surface area contributed by atoms with Crippen molar-refractivity contribution in [2.24, 2.45) is 0 Å². The first kappa shape index (κ1) is 13.8. The van der Waals surface area contributed by atoms with E-state index in [1.165, 1.54) is 12.3 Å². The summed E-state index contributed by atoms with van der Waals surface area (Å²) in [6, 6.07) is 1.51. The van der Waals surface area contributed by atoms with Crippen LogP contribution in [0.3, 0.4) is 0 Å². The fourth-order valence-electron chi connectivity index (χ4n) is 1.48. The number of nitrogens with two attached hydrogens (primary N) is 1. The molecule has 3 N–H and O–H groups in total. The van der Waals surface area contributed by atoms with Crippen LogP contribution >= 0.6 is 22.9 Å². The molecule has 0 unspecified atom stereocenters. The van der Waals surface area contributed by atoms with Crippen molar-refractivity contribution in [3.8, 4) is 0 Å². The summed E-state index contributed by atoms with van der Waals surface area (Å²) in [5.74, 6) is -0.000782. The van der Waals surface area contributed by atoms with Crippen molar-refractivity contribution < 1.29 is 4.79 Å². The number of hydrogen-bond donors (Lipinski definition) is 2. The number of aromatic nitrogens is 2. The molecule has 19 heavy (non-hydrogen) atoms. The monoisotopic (exact) mass is 296 g/mol. The van der Waals surface area contributed by atoms with E-state index < -0.39 is 0 Å². The zero-order valence-corrected chi connectivity index (χ0v) is 11.9. The highest BCUT2D eigenvalue weighted by atomic mass is 35.5. The Morgan fingerprint density at radius 2 is 2.37 bits per heavy atom. The average Bonchev–Trinajstić information content (AvgIpc) is 2.78. The number of halogens is 1. The van der Waals surface area contributed by atoms with Crippen molar-refractivity contribution in [1.82, 2.24) is 15.3 Å². The molecule has 7 heteroatoms. The fraction of sp³-hybridized carbons (Fsp3) is 0.250. The summed E-state index contributed by atoms with van der Waals surface area (Å²) in [5, 5.41) is 6.07. The van der Waals surface area contributed by atoms with E-state index in [0.717, 1.165) is 10.7 Å². The Labute approximate surface area is 119 Å². The zero-order valence-electron chi connectivity index (χ0n) is 10.3. The molecule has 0 radical (unpaired) electrons. The predicted octanol–water partition coefficient (Wildman–Crippen LogP) is 2.05. The van der Waals surface area contributed by atoms with Crippen LogP contribution in [-0.2, 0) is 6.42 Å². The Kier molecular flexibility index (Phi) is 4.34. The van der Waals surface area contributed by atoms with Gasteiger partial charge in [-0.05, 0) is 13.0 Å². The van der Waals surface area contributed by atoms with Gasteiger partial charge in [-0.3, -0.25) is 4.79 Å². The van der Waals surface area contributed by atoms with Crippen LogP contribution in [0.25, 0.3) is 0 Å². The fourth-order valence-corrected chi connectivity index (χ4v) is 2.42. The van der Waals surface area contributed by atoms with Gasteiger partial charge in [0.05, 0.1) is 15.6 Å². The molecular weight excluding hydrogens is 284 g/mol. The summed E-state index contributed by atoms with van der Waals surface area (Å²) in [6.07, 6.45) is 2.12. The van der Waals surface area contributed by atoms with Crippen LogP contribution in [0.1, 0.15) is 21.1 Å². The minimum atomic E-state index is -0.220. The van der Waals surface area contributed by atoms with Crippen LogP contribution in [0.2, 0.25) is 5.02 Å². The van der Waals surface area contributed by atoms with Crippen LogP contribution in [0.5, 0.6) is 0 Å². The van der Waals surface area contributed by atoms with E-state index in [-0.39, 0.29) is 16.7 Å². The van der Waals surface area contributed by atoms with Crippen molar-refractivity contribution >= 4 is 34.7 Å². The van der Waals surface area contributed by atoms with Gasteiger partial charge in [-0.25, -0.2) is 9.97 Å². The van der Waals surface area contributed by atoms with Gasteiger partial charge in [-0.1, -0.05) is 11.6 Å². The van der Waals surface area contributed by atoms with Crippen LogP contribution in [0.15, 0.2) is 17.6 Å². The van der Waals surface area contributed by atoms with Gasteiger partial charge in [0.2, 0.25) is 0 Å². The van der Waals surface area contributed by atoms with Gasteiger partial charge >= 0.3 is 0 Å². The number of aryl methyl sites for hydroxylation is 1. The molecule has 0 aliphatic rings. The normalized spacial score (nSPS) is 10.4. The third-order valence-electron chi connectivity index (χ3n) is 2.42. The second-order valence-electron chi connectivity index (χ2n) is 3.98. The predicted molar refractivity (Wildman–Crippen MR) is 76.5 cm³/mol. The molecule has 0 saturated heterocycles. The van der Waals surface area contributed by atoms with E-state index >= 15 is 0 Å². The number of hydrogen-bond acceptors (Lipinski definition) is 5. The number of nitrogens with one attached hydrogen (secondary N) is 1. The van der Waals surface area contributed by atoms with Crippen molar-refractivity contribution in [2.75, 3.05) is 12.3 Å². The molecular formula is C12H13ClN4OS. The lowest BCUT2D eigenvalue weighted by atomic mass is 10.2. The summed E-state index contributed by atoms with van der Waals surface area (Å²) in [5.41, 5.74) is 6.88. The maximum atomic E-state index is 11.8. The minimum absolute atomic E-state index is 0.219. The Bertz CT molecular complexity index is 599. The number of carbonyl (C=O) groups is 1. The Hall–Kier alpha value is -1.66. The van der Waals surface area contributed by atoms with Gasteiger partial charge < -0.3 is 11.1 Å². The van der Waals surface area contributed by atoms with E-state index in [2.05, 4.69) is 15.3 Å². The third kappa shape index (κ3) is 3.65.